The summed E-state index contributed by atoms with van der Waals surface area (Å²) in [5.41, 5.74) is 3.46. The Morgan fingerprint density at radius 3 is 3.08 bits per heavy atom. The highest BCUT2D eigenvalue weighted by molar-refractivity contribution is 5.35. The summed E-state index contributed by atoms with van der Waals surface area (Å²) in [6.45, 7) is 0. The fraction of sp³-hybridized carbons (Fsp3) is 0.538. The van der Waals surface area contributed by atoms with Gasteiger partial charge in [0, 0.05) is 5.92 Å². The molecule has 0 saturated heterocycles. The smallest absolute Gasteiger partial charge is 0.00486 e. The second-order valence-corrected chi connectivity index (χ2v) is 4.47. The van der Waals surface area contributed by atoms with Crippen LogP contribution in [0.15, 0.2) is 35.5 Å². The van der Waals surface area contributed by atoms with E-state index in [1.165, 1.54) is 32.1 Å². The molecule has 1 fully saturated rings. The van der Waals surface area contributed by atoms with Crippen molar-refractivity contribution < 1.29 is 0 Å². The first-order chi connectivity index (χ1) is 6.45. The summed E-state index contributed by atoms with van der Waals surface area (Å²) < 4.78 is 0. The van der Waals surface area contributed by atoms with Gasteiger partial charge in [-0.3, -0.25) is 0 Å². The van der Waals surface area contributed by atoms with Gasteiger partial charge in [-0.25, -0.2) is 0 Å². The zero-order valence-electron chi connectivity index (χ0n) is 8.00. The van der Waals surface area contributed by atoms with E-state index in [0.717, 1.165) is 11.8 Å². The number of rotatable bonds is 0. The van der Waals surface area contributed by atoms with Gasteiger partial charge in [0.25, 0.3) is 0 Å². The molecule has 3 rings (SSSR count). The van der Waals surface area contributed by atoms with Gasteiger partial charge in [-0.15, -0.1) is 0 Å². The van der Waals surface area contributed by atoms with E-state index < -0.39 is 0 Å². The summed E-state index contributed by atoms with van der Waals surface area (Å²) in [6.07, 6.45) is 16.4. The van der Waals surface area contributed by atoms with Gasteiger partial charge in [0.05, 0.1) is 0 Å². The third-order valence-corrected chi connectivity index (χ3v) is 3.79. The lowest BCUT2D eigenvalue weighted by Gasteiger charge is -2.35. The van der Waals surface area contributed by atoms with Crippen molar-refractivity contribution in [3.05, 3.63) is 35.5 Å². The Morgan fingerprint density at radius 2 is 2.08 bits per heavy atom. The highest BCUT2D eigenvalue weighted by Crippen LogP contribution is 2.45. The van der Waals surface area contributed by atoms with Gasteiger partial charge in [-0.2, -0.15) is 0 Å². The van der Waals surface area contributed by atoms with E-state index in [0.29, 0.717) is 0 Å². The van der Waals surface area contributed by atoms with Crippen LogP contribution in [0.3, 0.4) is 0 Å². The van der Waals surface area contributed by atoms with Crippen molar-refractivity contribution in [1.82, 2.24) is 0 Å². The molecule has 0 nitrogen and oxygen atoms in total. The summed E-state index contributed by atoms with van der Waals surface area (Å²) >= 11 is 0. The van der Waals surface area contributed by atoms with E-state index in [-0.39, 0.29) is 0 Å². The van der Waals surface area contributed by atoms with Crippen LogP contribution >= 0.6 is 0 Å². The van der Waals surface area contributed by atoms with Crippen LogP contribution in [0.25, 0.3) is 0 Å². The first-order valence-corrected chi connectivity index (χ1v) is 5.51. The highest BCUT2D eigenvalue weighted by Gasteiger charge is 2.32. The van der Waals surface area contributed by atoms with Gasteiger partial charge in [0.2, 0.25) is 0 Å². The van der Waals surface area contributed by atoms with Crippen molar-refractivity contribution in [3.8, 4) is 0 Å². The van der Waals surface area contributed by atoms with Gasteiger partial charge in [-0.1, -0.05) is 35.5 Å². The lowest BCUT2D eigenvalue weighted by atomic mass is 9.70. The molecule has 0 N–H and O–H groups in total. The van der Waals surface area contributed by atoms with Crippen molar-refractivity contribution >= 4 is 0 Å². The zero-order valence-corrected chi connectivity index (χ0v) is 8.00. The van der Waals surface area contributed by atoms with Gasteiger partial charge < -0.3 is 0 Å². The molecule has 0 heterocycles. The Labute approximate surface area is 80.0 Å². The zero-order chi connectivity index (χ0) is 8.67. The van der Waals surface area contributed by atoms with Crippen LogP contribution < -0.4 is 0 Å². The molecule has 0 bridgehead atoms. The second-order valence-electron chi connectivity index (χ2n) is 4.47. The molecular formula is C13H16. The molecule has 68 valence electrons. The number of hydrogen-bond acceptors (Lipinski definition) is 0. The molecule has 0 aromatic carbocycles. The Balaban J connectivity index is 1.95. The largest absolute Gasteiger partial charge is 0.0850 e. The van der Waals surface area contributed by atoms with Crippen LogP contribution in [0.4, 0.5) is 0 Å². The van der Waals surface area contributed by atoms with Gasteiger partial charge in [0.15, 0.2) is 0 Å². The Kier molecular flexibility index (Phi) is 1.68. The standard InChI is InChI=1S/C13H16/c1-2-6-12-10(4-1)8-9-11-5-3-7-13(11)12/h3-5,7,12-13H,1-2,6,8-9H2. The van der Waals surface area contributed by atoms with Crippen LogP contribution in [-0.2, 0) is 0 Å². The lowest BCUT2D eigenvalue weighted by Crippen LogP contribution is -2.23. The first-order valence-electron chi connectivity index (χ1n) is 5.51. The van der Waals surface area contributed by atoms with E-state index in [2.05, 4.69) is 24.3 Å². The number of hydrogen-bond donors (Lipinski definition) is 0. The summed E-state index contributed by atoms with van der Waals surface area (Å²) in [4.78, 5) is 0. The quantitative estimate of drug-likeness (QED) is 0.489. The SMILES string of the molecule is C1=CC2C(=C1)CCC1=CCCCC12. The molecule has 0 aliphatic heterocycles. The second kappa shape index (κ2) is 2.87. The molecule has 13 heavy (non-hydrogen) atoms. The fourth-order valence-corrected chi connectivity index (χ4v) is 3.12. The number of allylic oxidation sites excluding steroid dienone is 6. The van der Waals surface area contributed by atoms with Crippen molar-refractivity contribution in [2.45, 2.75) is 32.1 Å². The summed E-state index contributed by atoms with van der Waals surface area (Å²) in [6, 6.07) is 0. The van der Waals surface area contributed by atoms with E-state index in [9.17, 15) is 0 Å². The molecule has 0 aromatic heterocycles. The molecule has 3 aliphatic rings. The van der Waals surface area contributed by atoms with Crippen LogP contribution in [-0.4, -0.2) is 0 Å². The average molecular weight is 172 g/mol. The average Bonchev–Trinajstić information content (AvgIpc) is 2.65. The van der Waals surface area contributed by atoms with Crippen LogP contribution in [0.2, 0.25) is 0 Å². The van der Waals surface area contributed by atoms with Gasteiger partial charge >= 0.3 is 0 Å². The maximum absolute atomic E-state index is 2.51. The third kappa shape index (κ3) is 1.12. The molecule has 2 atom stereocenters. The molecule has 0 amide bonds. The first kappa shape index (κ1) is 7.61. The van der Waals surface area contributed by atoms with Crippen LogP contribution in [0.5, 0.6) is 0 Å². The van der Waals surface area contributed by atoms with E-state index >= 15 is 0 Å². The monoisotopic (exact) mass is 172 g/mol. The molecule has 0 aromatic rings. The Morgan fingerprint density at radius 1 is 1.15 bits per heavy atom. The molecule has 0 radical (unpaired) electrons. The maximum atomic E-state index is 2.51. The molecule has 3 aliphatic carbocycles. The molecule has 2 unspecified atom stereocenters. The van der Waals surface area contributed by atoms with Gasteiger partial charge in [-0.05, 0) is 38.0 Å². The Bertz CT molecular complexity index is 304. The predicted octanol–water partition coefficient (Wildman–Crippen LogP) is 3.62. The summed E-state index contributed by atoms with van der Waals surface area (Å²) in [7, 11) is 0. The molecule has 0 heteroatoms. The van der Waals surface area contributed by atoms with Crippen molar-refractivity contribution in [1.29, 1.82) is 0 Å². The minimum absolute atomic E-state index is 0.792. The third-order valence-electron chi connectivity index (χ3n) is 3.79. The normalized spacial score (nSPS) is 36.3. The fourth-order valence-electron chi connectivity index (χ4n) is 3.12. The molecular weight excluding hydrogens is 156 g/mol. The topological polar surface area (TPSA) is 0 Å². The van der Waals surface area contributed by atoms with Crippen LogP contribution in [0, 0.1) is 11.8 Å². The summed E-state index contributed by atoms with van der Waals surface area (Å²) in [5, 5.41) is 0. The van der Waals surface area contributed by atoms with Crippen molar-refractivity contribution in [3.63, 3.8) is 0 Å². The highest BCUT2D eigenvalue weighted by atomic mass is 14.4. The summed E-state index contributed by atoms with van der Waals surface area (Å²) in [5.74, 6) is 1.67. The van der Waals surface area contributed by atoms with Gasteiger partial charge in [0.1, 0.15) is 0 Å². The van der Waals surface area contributed by atoms with E-state index in [4.69, 9.17) is 0 Å². The van der Waals surface area contributed by atoms with Crippen LogP contribution in [0.1, 0.15) is 32.1 Å². The maximum Gasteiger partial charge on any atom is 0.00486 e. The number of fused-ring (bicyclic) bond motifs is 3. The molecule has 1 saturated carbocycles. The minimum atomic E-state index is 0.792. The predicted molar refractivity (Wildman–Crippen MR) is 55.4 cm³/mol. The lowest BCUT2D eigenvalue weighted by molar-refractivity contribution is 0.393. The molecule has 0 spiro atoms. The minimum Gasteiger partial charge on any atom is -0.0850 e. The van der Waals surface area contributed by atoms with E-state index in [1.807, 2.05) is 0 Å². The Hall–Kier alpha value is -0.780. The van der Waals surface area contributed by atoms with E-state index in [1.54, 1.807) is 11.1 Å². The van der Waals surface area contributed by atoms with Crippen molar-refractivity contribution in [2.75, 3.05) is 0 Å². The van der Waals surface area contributed by atoms with Crippen molar-refractivity contribution in [2.24, 2.45) is 11.8 Å².